The molecule has 1 aliphatic carbocycles. The van der Waals surface area contributed by atoms with Gasteiger partial charge >= 0.3 is 0 Å². The van der Waals surface area contributed by atoms with Crippen LogP contribution in [0.15, 0.2) is 48.0 Å². The Morgan fingerprint density at radius 1 is 1.36 bits per heavy atom. The Morgan fingerprint density at radius 3 is 2.36 bits per heavy atom. The second-order valence-corrected chi connectivity index (χ2v) is 6.92. The van der Waals surface area contributed by atoms with Crippen molar-refractivity contribution in [3.8, 4) is 0 Å². The van der Waals surface area contributed by atoms with Crippen LogP contribution in [0.4, 0.5) is 0 Å². The highest BCUT2D eigenvalue weighted by Gasteiger charge is 2.26. The Hall–Kier alpha value is -1.52. The third-order valence-electron chi connectivity index (χ3n) is 3.96. The second-order valence-electron chi connectivity index (χ2n) is 6.92. The molecule has 1 aliphatic rings. The molecule has 1 atom stereocenters. The van der Waals surface area contributed by atoms with Gasteiger partial charge in [-0.25, -0.2) is 0 Å². The first-order valence-corrected chi connectivity index (χ1v) is 7.92. The van der Waals surface area contributed by atoms with Crippen molar-refractivity contribution < 1.29 is 4.48 Å². The summed E-state index contributed by atoms with van der Waals surface area (Å²) in [5, 5.41) is 3.29. The minimum Gasteiger partial charge on any atom is -0.390 e. The zero-order valence-electron chi connectivity index (χ0n) is 15.1. The molecule has 1 rings (SSSR count). The lowest BCUT2D eigenvalue weighted by atomic mass is 10.1. The van der Waals surface area contributed by atoms with Gasteiger partial charge in [0.2, 0.25) is 0 Å². The molecule has 0 aromatic heterocycles. The van der Waals surface area contributed by atoms with Gasteiger partial charge in [-0.3, -0.25) is 5.73 Å². The monoisotopic (exact) mass is 305 g/mol. The maximum atomic E-state index is 6.38. The van der Waals surface area contributed by atoms with Gasteiger partial charge in [0.15, 0.2) is 6.17 Å². The quantitative estimate of drug-likeness (QED) is 0.411. The molecular formula is C18H33N4+. The van der Waals surface area contributed by atoms with Gasteiger partial charge in [0.25, 0.3) is 0 Å². The van der Waals surface area contributed by atoms with Crippen LogP contribution in [0.1, 0.15) is 19.8 Å². The largest absolute Gasteiger partial charge is 0.390 e. The number of nitrogens with zero attached hydrogens (tertiary/aromatic N) is 2. The fourth-order valence-electron chi connectivity index (χ4n) is 2.23. The lowest BCUT2D eigenvalue weighted by Gasteiger charge is -2.32. The molecule has 1 unspecified atom stereocenters. The van der Waals surface area contributed by atoms with Crippen molar-refractivity contribution in [2.24, 2.45) is 11.7 Å². The van der Waals surface area contributed by atoms with Crippen molar-refractivity contribution in [2.45, 2.75) is 25.9 Å². The normalized spacial score (nSPS) is 18.5. The SMILES string of the molecule is C=C(/C=C(\C=C/C)C(N)[N+](C)(C)C)N(C)/C=C(\NC)C1CC1. The molecule has 3 N–H and O–H groups in total. The summed E-state index contributed by atoms with van der Waals surface area (Å²) in [6, 6.07) is 0. The van der Waals surface area contributed by atoms with Gasteiger partial charge < -0.3 is 14.7 Å². The minimum absolute atomic E-state index is 0.0856. The molecule has 0 amide bonds. The van der Waals surface area contributed by atoms with Crippen molar-refractivity contribution in [2.75, 3.05) is 35.2 Å². The van der Waals surface area contributed by atoms with Crippen LogP contribution in [-0.4, -0.2) is 50.8 Å². The Morgan fingerprint density at radius 2 is 1.95 bits per heavy atom. The Bertz CT molecular complexity index is 476. The molecule has 4 nitrogen and oxygen atoms in total. The Kier molecular flexibility index (Phi) is 6.45. The summed E-state index contributed by atoms with van der Waals surface area (Å²) in [6.45, 7) is 6.20. The second kappa shape index (κ2) is 7.65. The Labute approximate surface area is 136 Å². The molecular weight excluding hydrogens is 272 g/mol. The van der Waals surface area contributed by atoms with E-state index in [-0.39, 0.29) is 6.17 Å². The molecule has 0 spiro atoms. The predicted molar refractivity (Wildman–Crippen MR) is 95.7 cm³/mol. The van der Waals surface area contributed by atoms with Gasteiger partial charge in [-0.15, -0.1) is 0 Å². The number of nitrogens with two attached hydrogens (primary N) is 1. The van der Waals surface area contributed by atoms with Crippen molar-refractivity contribution in [3.63, 3.8) is 0 Å². The topological polar surface area (TPSA) is 41.3 Å². The van der Waals surface area contributed by atoms with Crippen LogP contribution < -0.4 is 11.1 Å². The van der Waals surface area contributed by atoms with Crippen LogP contribution in [0, 0.1) is 5.92 Å². The van der Waals surface area contributed by atoms with Crippen LogP contribution in [-0.2, 0) is 0 Å². The first-order valence-electron chi connectivity index (χ1n) is 7.92. The first-order chi connectivity index (χ1) is 10.2. The minimum atomic E-state index is -0.0856. The van der Waals surface area contributed by atoms with E-state index >= 15 is 0 Å². The van der Waals surface area contributed by atoms with Crippen molar-refractivity contribution in [1.82, 2.24) is 10.2 Å². The maximum Gasteiger partial charge on any atom is 0.166 e. The van der Waals surface area contributed by atoms with Crippen LogP contribution in [0.5, 0.6) is 0 Å². The number of quaternary nitrogens is 1. The van der Waals surface area contributed by atoms with Gasteiger partial charge in [-0.05, 0) is 25.8 Å². The number of hydrogen-bond acceptors (Lipinski definition) is 3. The highest BCUT2D eigenvalue weighted by molar-refractivity contribution is 5.31. The summed E-state index contributed by atoms with van der Waals surface area (Å²) in [5.74, 6) is 0.688. The van der Waals surface area contributed by atoms with Crippen molar-refractivity contribution in [1.29, 1.82) is 0 Å². The fraction of sp³-hybridized carbons (Fsp3) is 0.556. The lowest BCUT2D eigenvalue weighted by Crippen LogP contribution is -2.51. The van der Waals surface area contributed by atoms with E-state index in [9.17, 15) is 0 Å². The number of rotatable bonds is 8. The number of likely N-dealkylation sites (N-methyl/N-ethyl adjacent to an activating group) is 2. The average Bonchev–Trinajstić information content (AvgIpc) is 3.26. The third kappa shape index (κ3) is 5.35. The van der Waals surface area contributed by atoms with Crippen molar-refractivity contribution >= 4 is 0 Å². The van der Waals surface area contributed by atoms with E-state index in [1.54, 1.807) is 0 Å². The molecule has 1 saturated carbocycles. The number of hydrogen-bond donors (Lipinski definition) is 2. The highest BCUT2D eigenvalue weighted by atomic mass is 15.4. The van der Waals surface area contributed by atoms with Crippen LogP contribution in [0.3, 0.4) is 0 Å². The molecule has 0 aromatic carbocycles. The lowest BCUT2D eigenvalue weighted by molar-refractivity contribution is -0.889. The molecule has 0 bridgehead atoms. The van der Waals surface area contributed by atoms with Crippen LogP contribution in [0.25, 0.3) is 0 Å². The summed E-state index contributed by atoms with van der Waals surface area (Å²) >= 11 is 0. The molecule has 0 saturated heterocycles. The van der Waals surface area contributed by atoms with E-state index in [2.05, 4.69) is 56.3 Å². The summed E-state index contributed by atoms with van der Waals surface area (Å²) in [7, 11) is 10.3. The Balaban J connectivity index is 2.92. The van der Waals surface area contributed by atoms with E-state index in [4.69, 9.17) is 5.73 Å². The summed E-state index contributed by atoms with van der Waals surface area (Å²) in [6.07, 6.45) is 10.8. The van der Waals surface area contributed by atoms with E-state index in [0.29, 0.717) is 10.4 Å². The molecule has 124 valence electrons. The summed E-state index contributed by atoms with van der Waals surface area (Å²) in [5.41, 5.74) is 9.68. The summed E-state index contributed by atoms with van der Waals surface area (Å²) in [4.78, 5) is 2.07. The standard InChI is InChI=1S/C18H33N4/c1-8-9-16(18(19)22(5,6)7)12-14(2)21(4)13-17(20-3)15-10-11-15/h8-9,12-13,15,18,20H,2,10-11,19H2,1,3-7H3/q+1/b9-8-,16-12+,17-13-. The van der Waals surface area contributed by atoms with Gasteiger partial charge in [0, 0.05) is 43.2 Å². The van der Waals surface area contributed by atoms with Crippen LogP contribution in [0.2, 0.25) is 0 Å². The highest BCUT2D eigenvalue weighted by Crippen LogP contribution is 2.35. The molecule has 0 aromatic rings. The fourth-order valence-corrected chi connectivity index (χ4v) is 2.23. The molecule has 0 heterocycles. The average molecular weight is 305 g/mol. The van der Waals surface area contributed by atoms with Crippen LogP contribution >= 0.6 is 0 Å². The molecule has 0 aliphatic heterocycles. The molecule has 4 heteroatoms. The maximum absolute atomic E-state index is 6.38. The van der Waals surface area contributed by atoms with E-state index in [1.807, 2.05) is 27.1 Å². The van der Waals surface area contributed by atoms with E-state index in [1.165, 1.54) is 18.5 Å². The smallest absolute Gasteiger partial charge is 0.166 e. The van der Waals surface area contributed by atoms with Gasteiger partial charge in [-0.1, -0.05) is 18.7 Å². The van der Waals surface area contributed by atoms with Gasteiger partial charge in [0.05, 0.1) is 21.1 Å². The predicted octanol–water partition coefficient (Wildman–Crippen LogP) is 2.40. The molecule has 1 fully saturated rings. The number of allylic oxidation sites excluding steroid dienone is 3. The van der Waals surface area contributed by atoms with E-state index in [0.717, 1.165) is 11.3 Å². The number of nitrogens with one attached hydrogen (secondary N) is 1. The molecule has 0 radical (unpaired) electrons. The first kappa shape index (κ1) is 18.5. The zero-order chi connectivity index (χ0) is 16.9. The zero-order valence-corrected chi connectivity index (χ0v) is 15.1. The van der Waals surface area contributed by atoms with Gasteiger partial charge in [0.1, 0.15) is 0 Å². The molecule has 22 heavy (non-hydrogen) atoms. The van der Waals surface area contributed by atoms with E-state index < -0.39 is 0 Å². The van der Waals surface area contributed by atoms with Gasteiger partial charge in [-0.2, -0.15) is 0 Å². The summed E-state index contributed by atoms with van der Waals surface area (Å²) < 4.78 is 0.673. The third-order valence-corrected chi connectivity index (χ3v) is 3.96. The van der Waals surface area contributed by atoms with Crippen molar-refractivity contribution in [3.05, 3.63) is 48.0 Å².